The second-order valence-corrected chi connectivity index (χ2v) is 33.4. The number of phenolic OH excluding ortho intramolecular Hbond substituents is 1. The van der Waals surface area contributed by atoms with E-state index in [9.17, 15) is 72.9 Å². The molecule has 0 spiro atoms. The number of imidazole rings is 1. The number of rotatable bonds is 14. The molecule has 21 rings (SSSR count). The first-order chi connectivity index (χ1) is 58.6. The molecule has 6 N–H and O–H groups in total. The molecule has 3 aromatic carbocycles. The van der Waals surface area contributed by atoms with Gasteiger partial charge in [0, 0.05) is 43.1 Å². The first kappa shape index (κ1) is 82.8. The molecular weight excluding hydrogens is 1620 g/mol. The number of aryl methyl sites for hydroxylation is 1. The summed E-state index contributed by atoms with van der Waals surface area (Å²) in [5.41, 5.74) is 6.50. The van der Waals surface area contributed by atoms with Crippen LogP contribution in [0.4, 0.5) is 0 Å². The Balaban J connectivity index is 0.000000117. The number of imide groups is 2. The Morgan fingerprint density at radius 3 is 1.94 bits per heavy atom. The van der Waals surface area contributed by atoms with Gasteiger partial charge in [-0.15, -0.1) is 16.4 Å². The predicted molar refractivity (Wildman–Crippen MR) is 415 cm³/mol. The molecule has 14 aliphatic rings. The molecule has 644 valence electrons. The number of fused-ring (bicyclic) bond motifs is 11. The summed E-state index contributed by atoms with van der Waals surface area (Å²) in [5, 5.41) is 44.3. The molecule has 39 nitrogen and oxygen atoms in total. The van der Waals surface area contributed by atoms with Crippen molar-refractivity contribution in [2.75, 3.05) is 54.0 Å². The number of esters is 2. The lowest BCUT2D eigenvalue weighted by molar-refractivity contribution is -0.368. The van der Waals surface area contributed by atoms with Crippen molar-refractivity contribution in [3.63, 3.8) is 0 Å². The van der Waals surface area contributed by atoms with Gasteiger partial charge in [0.2, 0.25) is 24.4 Å². The number of aromatic nitrogens is 8. The van der Waals surface area contributed by atoms with Crippen molar-refractivity contribution in [3.05, 3.63) is 176 Å². The highest BCUT2D eigenvalue weighted by Gasteiger charge is 2.59. The van der Waals surface area contributed by atoms with E-state index in [-0.39, 0.29) is 128 Å². The maximum atomic E-state index is 13.5. The van der Waals surface area contributed by atoms with Gasteiger partial charge in [0.05, 0.1) is 113 Å². The van der Waals surface area contributed by atoms with Crippen molar-refractivity contribution < 1.29 is 115 Å². The fourth-order valence-corrected chi connectivity index (χ4v) is 19.4. The van der Waals surface area contributed by atoms with E-state index >= 15 is 0 Å². The second-order valence-electron chi connectivity index (χ2n) is 32.4. The highest BCUT2D eigenvalue weighted by atomic mass is 32.1. The van der Waals surface area contributed by atoms with Gasteiger partial charge in [-0.2, -0.15) is 4.68 Å². The summed E-state index contributed by atoms with van der Waals surface area (Å²) in [6.07, 6.45) is 5.44. The van der Waals surface area contributed by atoms with Crippen molar-refractivity contribution in [2.45, 2.75) is 164 Å². The van der Waals surface area contributed by atoms with Crippen LogP contribution in [0, 0.1) is 35.0 Å². The smallest absolute Gasteiger partial charge is 0.352 e. The number of aromatic hydroxyl groups is 1. The van der Waals surface area contributed by atoms with Crippen molar-refractivity contribution in [2.24, 2.45) is 47.8 Å². The van der Waals surface area contributed by atoms with Crippen LogP contribution in [0.25, 0.3) is 5.65 Å². The molecule has 14 heterocycles. The minimum absolute atomic E-state index is 0.0242. The first-order valence-corrected chi connectivity index (χ1v) is 40.9. The minimum atomic E-state index is -1.47. The summed E-state index contributed by atoms with van der Waals surface area (Å²) < 4.78 is 78.9. The molecule has 0 radical (unpaired) electrons. The minimum Gasteiger partial charge on any atom is -0.502 e. The molecule has 2 saturated carbocycles. The van der Waals surface area contributed by atoms with Gasteiger partial charge in [-0.05, 0) is 134 Å². The molecule has 8 saturated heterocycles. The Labute approximate surface area is 695 Å². The van der Waals surface area contributed by atoms with E-state index in [4.69, 9.17) is 67.3 Å². The molecule has 10 fully saturated rings. The van der Waals surface area contributed by atoms with E-state index in [1.807, 2.05) is 29.7 Å². The van der Waals surface area contributed by atoms with Gasteiger partial charge in [0.15, 0.2) is 52.7 Å². The lowest BCUT2D eigenvalue weighted by atomic mass is 9.49. The lowest BCUT2D eigenvalue weighted by Crippen LogP contribution is -2.62. The molecule has 2 unspecified atom stereocenters. The molecule has 4 aliphatic carbocycles. The molecule has 7 aromatic rings. The summed E-state index contributed by atoms with van der Waals surface area (Å²) in [6.45, 7) is 6.73. The van der Waals surface area contributed by atoms with Crippen LogP contribution in [0.5, 0.6) is 28.7 Å². The number of carbonyl (C=O) groups is 8. The number of allylic oxidation sites excluding steroid dienone is 4. The average Bonchev–Trinajstić information content (AvgIpc) is 1.22. The van der Waals surface area contributed by atoms with Crippen LogP contribution in [0.15, 0.2) is 115 Å². The van der Waals surface area contributed by atoms with Gasteiger partial charge in [0.1, 0.15) is 42.4 Å². The van der Waals surface area contributed by atoms with Gasteiger partial charge in [0.25, 0.3) is 17.7 Å². The van der Waals surface area contributed by atoms with Crippen LogP contribution in [0.3, 0.4) is 0 Å². The summed E-state index contributed by atoms with van der Waals surface area (Å²) in [4.78, 5) is 149. The van der Waals surface area contributed by atoms with Crippen LogP contribution in [0.1, 0.15) is 136 Å². The van der Waals surface area contributed by atoms with Crippen LogP contribution in [0.2, 0.25) is 0 Å². The maximum Gasteiger partial charge on any atom is 0.352 e. The zero-order valence-electron chi connectivity index (χ0n) is 66.6. The van der Waals surface area contributed by atoms with Gasteiger partial charge in [-0.25, -0.2) is 42.3 Å². The van der Waals surface area contributed by atoms with E-state index in [0.29, 0.717) is 83.3 Å². The average molecular weight is 1710 g/mol. The number of ether oxygens (including phenoxy) is 13. The van der Waals surface area contributed by atoms with E-state index in [1.54, 1.807) is 48.5 Å². The number of primary amides is 1. The summed E-state index contributed by atoms with van der Waals surface area (Å²) in [5.74, 6) is -1.98. The molecule has 5 amide bonds. The normalized spacial score (nSPS) is 31.2. The number of thiophene rings is 1. The van der Waals surface area contributed by atoms with Crippen molar-refractivity contribution >= 4 is 64.2 Å². The number of nitrogens with one attached hydrogen (secondary N) is 1. The quantitative estimate of drug-likeness (QED) is 0.0588. The number of amides is 5. The molecule has 19 atom stereocenters. The van der Waals surface area contributed by atoms with Crippen LogP contribution in [-0.2, 0) is 93.3 Å². The molecule has 10 aliphatic heterocycles. The number of hydrogen-bond acceptors (Lipinski definition) is 32. The van der Waals surface area contributed by atoms with Gasteiger partial charge < -0.3 is 82.6 Å². The Morgan fingerprint density at radius 1 is 0.705 bits per heavy atom. The van der Waals surface area contributed by atoms with Crippen LogP contribution in [-0.4, -0.2) is 220 Å². The fraction of sp³-hybridized carbons (Fsp3) is 0.500. The largest absolute Gasteiger partial charge is 0.502 e. The molecule has 122 heavy (non-hydrogen) atoms. The second kappa shape index (κ2) is 33.1. The van der Waals surface area contributed by atoms with E-state index in [0.717, 1.165) is 64.7 Å². The first-order valence-electron chi connectivity index (χ1n) is 40.0. The third-order valence-electron chi connectivity index (χ3n) is 25.1. The number of hydrogen-bond donors (Lipinski definition) is 5. The molecule has 0 bridgehead atoms. The number of nitrogens with two attached hydrogens (primary N) is 1. The maximum absolute atomic E-state index is 13.5. The number of epoxide rings is 3. The van der Waals surface area contributed by atoms with Crippen molar-refractivity contribution in [1.29, 1.82) is 0 Å². The number of aliphatic hydroxyl groups excluding tert-OH is 2. The molecule has 40 heteroatoms. The number of cyclic esters (lactones) is 1. The summed E-state index contributed by atoms with van der Waals surface area (Å²) in [7, 11) is 4.31. The SMILES string of the molecule is COc1cc([C@@H]2c3cc4c(cc3[C@@H](O[C@@H]3O[C@@H]5COC(c6cccs6)O[C@H]5[C@H](O)[C@H]3O)[C@H]3COC(=O)[C@H]23)OCO4)cc(OC)c1O.C[C@]12C=CC(=O)C=C1CC[C@@H]1[C@@H]2CC[C@]2(C)OC(=O)CC[C@@H]12.Cn1nnc2c(C(N)=O)ncn2c1=O.O=C1CCC(N2C(=O)c3ccccc3C2=O)C(=O)N1.O=c1n(C[C@H]2CO2)c(=O)n(C[C@@H]2CO2)c(=O)n1C[C@H]1CO1. The van der Waals surface area contributed by atoms with Gasteiger partial charge in [-0.1, -0.05) is 42.0 Å². The lowest BCUT2D eigenvalue weighted by Gasteiger charge is -2.58. The summed E-state index contributed by atoms with van der Waals surface area (Å²) >= 11 is 1.46. The van der Waals surface area contributed by atoms with Crippen LogP contribution >= 0.6 is 11.3 Å². The Kier molecular flexibility index (Phi) is 22.4. The van der Waals surface area contributed by atoms with Crippen LogP contribution < -0.4 is 52.8 Å². The number of piperidine rings is 1. The zero-order chi connectivity index (χ0) is 85.6. The van der Waals surface area contributed by atoms with E-state index in [1.165, 1.54) is 44.5 Å². The highest BCUT2D eigenvalue weighted by Crippen LogP contribution is 2.62. The van der Waals surface area contributed by atoms with Crippen molar-refractivity contribution in [1.82, 2.24) is 48.3 Å². The molecule has 4 aromatic heterocycles. The number of aliphatic hydroxyl groups is 2. The Morgan fingerprint density at radius 2 is 1.34 bits per heavy atom. The Hall–Kier alpha value is -11.5. The van der Waals surface area contributed by atoms with E-state index in [2.05, 4.69) is 40.5 Å². The monoisotopic (exact) mass is 1710 g/mol. The fourth-order valence-electron chi connectivity index (χ4n) is 18.7. The zero-order valence-corrected chi connectivity index (χ0v) is 67.4. The highest BCUT2D eigenvalue weighted by molar-refractivity contribution is 7.10. The number of methoxy groups -OCH3 is 2. The third-order valence-corrected chi connectivity index (χ3v) is 26.0. The topological polar surface area (TPSA) is 500 Å². The third kappa shape index (κ3) is 15.6. The van der Waals surface area contributed by atoms with Gasteiger partial charge >= 0.3 is 34.7 Å². The standard InChI is InChI=1S/C32H32O13S.C19H24O3.C13H10N2O4.C12H15N3O6.C6H6N6O2/c1-37-19-6-13(7-20(38-2)25(19)33)23-14-8-17-18(42-12-41-17)9-15(14)28(16-10-39-30(36)24(16)23)44-32-27(35)26(34)29-21(43-32)11-40-31(45-29)22-4-3-5-46-22;1-18-9-7-13(20)11-12(18)3-4-14-15(18)8-10-19(2)16(14)5-6-17(21)22-19;16-10-6-5-9(11(17)14-10)15-12(18)7-3-1-2-4-8(7)13(15)19;16-10-13(1-7-4-19-7)11(17)15(3-9-6-21-9)12(18)14(10)2-8-5-20-8;1-11-6(14)12-2-8-3(4(7)13)5(12)9-10-11/h3-9,16,21,23-24,26-29,31-35H,10-12H2,1-2H3;7,9,11,14-16H,3-6,8,10H2,1-2H3;1-4,9H,5-6H2,(H,14,16,17);7-9H,1-6H2;2H,1H3,(H2,7,13)/t16-,21+,23+,24-,26+,27+,28+,29+,31?,32-;14-,15+,16+,18+,19+;;7-,8-,9+;/m01.0./s1. The molecular formula is C82H87N11O28S. The predicted octanol–water partition coefficient (Wildman–Crippen LogP) is 1.72. The van der Waals surface area contributed by atoms with Crippen molar-refractivity contribution in [3.8, 4) is 28.7 Å². The number of benzene rings is 3. The number of carbonyl (C=O) groups excluding carboxylic acids is 8. The number of phenols is 1. The Bertz CT molecular complexity index is 5520. The number of nitrogens with zero attached hydrogens (tertiary/aromatic N) is 9. The number of ketones is 1. The summed E-state index contributed by atoms with van der Waals surface area (Å²) in [6, 6.07) is 16.2. The van der Waals surface area contributed by atoms with E-state index < -0.39 is 119 Å². The van der Waals surface area contributed by atoms with Gasteiger partial charge in [-0.3, -0.25) is 48.6 Å².